The predicted molar refractivity (Wildman–Crippen MR) is 110 cm³/mol. The van der Waals surface area contributed by atoms with E-state index in [1.54, 1.807) is 0 Å². The number of amides is 1. The highest BCUT2D eigenvalue weighted by Gasteiger charge is 2.47. The average molecular weight is 404 g/mol. The SMILES string of the molecule is CC(C)[C@@H]1C[C@@]2(CO[C@H]1c1ccc(F)cc1)CN(C(=O)CC1CCCC1)CCO2. The summed E-state index contributed by atoms with van der Waals surface area (Å²) in [6, 6.07) is 6.65. The van der Waals surface area contributed by atoms with Crippen LogP contribution in [0.4, 0.5) is 4.39 Å². The van der Waals surface area contributed by atoms with Crippen LogP contribution in [0.2, 0.25) is 0 Å². The second kappa shape index (κ2) is 8.73. The molecule has 0 bridgehead atoms. The van der Waals surface area contributed by atoms with Gasteiger partial charge in [0, 0.05) is 13.0 Å². The molecule has 2 aliphatic heterocycles. The first-order valence-corrected chi connectivity index (χ1v) is 11.2. The third kappa shape index (κ3) is 4.66. The van der Waals surface area contributed by atoms with Crippen molar-refractivity contribution >= 4 is 5.91 Å². The molecule has 1 saturated carbocycles. The van der Waals surface area contributed by atoms with Gasteiger partial charge in [-0.3, -0.25) is 4.79 Å². The first-order valence-electron chi connectivity index (χ1n) is 11.2. The molecule has 160 valence electrons. The summed E-state index contributed by atoms with van der Waals surface area (Å²) in [5.74, 6) is 1.28. The Morgan fingerprint density at radius 1 is 1.24 bits per heavy atom. The summed E-state index contributed by atoms with van der Waals surface area (Å²) in [7, 11) is 0. The molecule has 0 radical (unpaired) electrons. The van der Waals surface area contributed by atoms with Gasteiger partial charge in [0.15, 0.2) is 0 Å². The molecule has 0 unspecified atom stereocenters. The molecule has 0 N–H and O–H groups in total. The zero-order valence-corrected chi connectivity index (χ0v) is 17.7. The molecule has 4 nitrogen and oxygen atoms in total. The van der Waals surface area contributed by atoms with Crippen LogP contribution in [0.1, 0.15) is 64.0 Å². The van der Waals surface area contributed by atoms with E-state index >= 15 is 0 Å². The van der Waals surface area contributed by atoms with Crippen LogP contribution in [-0.4, -0.2) is 42.7 Å². The highest BCUT2D eigenvalue weighted by atomic mass is 19.1. The Morgan fingerprint density at radius 3 is 2.66 bits per heavy atom. The number of halogens is 1. The fourth-order valence-corrected chi connectivity index (χ4v) is 5.40. The normalized spacial score (nSPS) is 31.0. The fraction of sp³-hybridized carbons (Fsp3) is 0.708. The molecule has 1 aliphatic carbocycles. The van der Waals surface area contributed by atoms with Crippen molar-refractivity contribution in [3.63, 3.8) is 0 Å². The predicted octanol–water partition coefficient (Wildman–Crippen LogP) is 4.74. The van der Waals surface area contributed by atoms with Crippen LogP contribution in [0.15, 0.2) is 24.3 Å². The van der Waals surface area contributed by atoms with Gasteiger partial charge in [-0.2, -0.15) is 0 Å². The van der Waals surface area contributed by atoms with Crippen molar-refractivity contribution in [3.8, 4) is 0 Å². The standard InChI is InChI=1S/C24H34FNO3/c1-17(2)21-14-24(16-28-23(21)19-7-9-20(25)10-8-19)15-26(11-12-29-24)22(27)13-18-5-3-4-6-18/h7-10,17-18,21,23H,3-6,11-16H2,1-2H3/t21-,23-,24-/m0/s1. The summed E-state index contributed by atoms with van der Waals surface area (Å²) in [6.07, 6.45) is 6.40. The minimum absolute atomic E-state index is 0.0607. The third-order valence-corrected chi connectivity index (χ3v) is 7.12. The molecule has 1 aromatic rings. The Morgan fingerprint density at radius 2 is 1.97 bits per heavy atom. The molecule has 2 heterocycles. The van der Waals surface area contributed by atoms with Crippen molar-refractivity contribution in [2.24, 2.45) is 17.8 Å². The smallest absolute Gasteiger partial charge is 0.223 e. The van der Waals surface area contributed by atoms with E-state index in [1.165, 1.54) is 37.8 Å². The Kier molecular flexibility index (Phi) is 6.26. The minimum Gasteiger partial charge on any atom is -0.370 e. The van der Waals surface area contributed by atoms with Crippen molar-refractivity contribution < 1.29 is 18.7 Å². The molecule has 3 atom stereocenters. The maximum atomic E-state index is 13.4. The molecule has 5 heteroatoms. The van der Waals surface area contributed by atoms with Crippen LogP contribution in [-0.2, 0) is 14.3 Å². The summed E-state index contributed by atoms with van der Waals surface area (Å²) in [4.78, 5) is 14.9. The summed E-state index contributed by atoms with van der Waals surface area (Å²) in [6.45, 7) is 6.76. The van der Waals surface area contributed by atoms with Crippen molar-refractivity contribution in [1.29, 1.82) is 0 Å². The first kappa shape index (κ1) is 20.8. The van der Waals surface area contributed by atoms with Crippen LogP contribution in [0.5, 0.6) is 0 Å². The van der Waals surface area contributed by atoms with Gasteiger partial charge in [-0.15, -0.1) is 0 Å². The fourth-order valence-electron chi connectivity index (χ4n) is 5.40. The van der Waals surface area contributed by atoms with Crippen LogP contribution >= 0.6 is 0 Å². The lowest BCUT2D eigenvalue weighted by molar-refractivity contribution is -0.211. The number of carbonyl (C=O) groups excluding carboxylic acids is 1. The molecule has 4 rings (SSSR count). The van der Waals surface area contributed by atoms with Crippen molar-refractivity contribution in [3.05, 3.63) is 35.6 Å². The van der Waals surface area contributed by atoms with Gasteiger partial charge in [0.1, 0.15) is 11.4 Å². The quantitative estimate of drug-likeness (QED) is 0.729. The van der Waals surface area contributed by atoms with Crippen LogP contribution < -0.4 is 0 Å². The Labute approximate surface area is 173 Å². The van der Waals surface area contributed by atoms with Crippen molar-refractivity contribution in [2.75, 3.05) is 26.3 Å². The lowest BCUT2D eigenvalue weighted by atomic mass is 9.75. The van der Waals surface area contributed by atoms with Gasteiger partial charge in [0.25, 0.3) is 0 Å². The Balaban J connectivity index is 1.45. The molecule has 3 aliphatic rings. The van der Waals surface area contributed by atoms with E-state index < -0.39 is 5.60 Å². The zero-order valence-electron chi connectivity index (χ0n) is 17.7. The number of nitrogens with zero attached hydrogens (tertiary/aromatic N) is 1. The topological polar surface area (TPSA) is 38.8 Å². The van der Waals surface area contributed by atoms with E-state index in [0.29, 0.717) is 44.6 Å². The minimum atomic E-state index is -0.422. The number of carbonyl (C=O) groups is 1. The lowest BCUT2D eigenvalue weighted by Crippen LogP contribution is -2.59. The summed E-state index contributed by atoms with van der Waals surface area (Å²) < 4.78 is 26.0. The molecule has 3 fully saturated rings. The maximum Gasteiger partial charge on any atom is 0.223 e. The van der Waals surface area contributed by atoms with E-state index in [-0.39, 0.29) is 23.7 Å². The van der Waals surface area contributed by atoms with Gasteiger partial charge >= 0.3 is 0 Å². The zero-order chi connectivity index (χ0) is 20.4. The number of morpholine rings is 1. The summed E-state index contributed by atoms with van der Waals surface area (Å²) >= 11 is 0. The van der Waals surface area contributed by atoms with E-state index in [9.17, 15) is 9.18 Å². The largest absolute Gasteiger partial charge is 0.370 e. The summed E-state index contributed by atoms with van der Waals surface area (Å²) in [5, 5.41) is 0. The van der Waals surface area contributed by atoms with E-state index in [1.807, 2.05) is 17.0 Å². The second-order valence-corrected chi connectivity index (χ2v) is 9.60. The third-order valence-electron chi connectivity index (χ3n) is 7.12. The van der Waals surface area contributed by atoms with Crippen LogP contribution in [0, 0.1) is 23.6 Å². The van der Waals surface area contributed by atoms with Crippen molar-refractivity contribution in [2.45, 2.75) is 64.1 Å². The molecule has 1 aromatic carbocycles. The molecule has 0 aromatic heterocycles. The van der Waals surface area contributed by atoms with Crippen molar-refractivity contribution in [1.82, 2.24) is 4.90 Å². The molecule has 2 saturated heterocycles. The van der Waals surface area contributed by atoms with Gasteiger partial charge in [-0.1, -0.05) is 38.8 Å². The number of benzene rings is 1. The van der Waals surface area contributed by atoms with Gasteiger partial charge in [0.2, 0.25) is 5.91 Å². The highest BCUT2D eigenvalue weighted by molar-refractivity contribution is 5.76. The number of hydrogen-bond donors (Lipinski definition) is 0. The lowest BCUT2D eigenvalue weighted by Gasteiger charge is -2.50. The number of ether oxygens (including phenoxy) is 2. The van der Waals surface area contributed by atoms with Crippen LogP contribution in [0.25, 0.3) is 0 Å². The molecule has 29 heavy (non-hydrogen) atoms. The Hall–Kier alpha value is -1.46. The molecular weight excluding hydrogens is 369 g/mol. The molecule has 1 amide bonds. The van der Waals surface area contributed by atoms with Gasteiger partial charge in [0.05, 0.1) is 25.9 Å². The first-order chi connectivity index (χ1) is 14.0. The maximum absolute atomic E-state index is 13.4. The van der Waals surface area contributed by atoms with E-state index in [2.05, 4.69) is 13.8 Å². The van der Waals surface area contributed by atoms with Gasteiger partial charge in [-0.05, 0) is 54.7 Å². The Bertz CT molecular complexity index is 701. The molecule has 1 spiro atoms. The van der Waals surface area contributed by atoms with Crippen LogP contribution in [0.3, 0.4) is 0 Å². The molecular formula is C24H34FNO3. The van der Waals surface area contributed by atoms with Gasteiger partial charge in [-0.25, -0.2) is 4.39 Å². The summed E-state index contributed by atoms with van der Waals surface area (Å²) in [5.41, 5.74) is 0.597. The highest BCUT2D eigenvalue weighted by Crippen LogP contribution is 2.44. The van der Waals surface area contributed by atoms with E-state index in [4.69, 9.17) is 9.47 Å². The number of rotatable bonds is 4. The van der Waals surface area contributed by atoms with E-state index in [0.717, 1.165) is 12.0 Å². The number of hydrogen-bond acceptors (Lipinski definition) is 3. The average Bonchev–Trinajstić information content (AvgIpc) is 3.22. The second-order valence-electron chi connectivity index (χ2n) is 9.60. The monoisotopic (exact) mass is 403 g/mol. The van der Waals surface area contributed by atoms with Gasteiger partial charge < -0.3 is 14.4 Å².